The first-order valence-electron chi connectivity index (χ1n) is 12.7. The molecule has 0 heterocycles. The van der Waals surface area contributed by atoms with E-state index in [0.29, 0.717) is 0 Å². The van der Waals surface area contributed by atoms with Crippen molar-refractivity contribution in [2.24, 2.45) is 0 Å². The lowest BCUT2D eigenvalue weighted by Crippen LogP contribution is -2.11. The van der Waals surface area contributed by atoms with Gasteiger partial charge in [-0.15, -0.1) is 0 Å². The molecule has 0 aromatic heterocycles. The molecule has 0 aromatic rings. The molecule has 176 valence electrons. The van der Waals surface area contributed by atoms with Crippen molar-refractivity contribution in [1.29, 1.82) is 0 Å². The van der Waals surface area contributed by atoms with E-state index >= 15 is 0 Å². The second-order valence-corrected chi connectivity index (χ2v) is 10.00. The van der Waals surface area contributed by atoms with Crippen LogP contribution in [0.4, 0.5) is 0 Å². The summed E-state index contributed by atoms with van der Waals surface area (Å²) < 4.78 is 16.2. The van der Waals surface area contributed by atoms with Gasteiger partial charge >= 0.3 is 7.82 Å². The van der Waals surface area contributed by atoms with Gasteiger partial charge in [-0.05, 0) is 12.8 Å². The molecule has 0 aliphatic rings. The van der Waals surface area contributed by atoms with Crippen molar-refractivity contribution in [2.75, 3.05) is 0 Å². The molecular formula is C24H51O4P. The minimum Gasteiger partial charge on any atom is -0.303 e. The average Bonchev–Trinajstić information content (AvgIpc) is 2.66. The van der Waals surface area contributed by atoms with Crippen molar-refractivity contribution in [1.82, 2.24) is 0 Å². The lowest BCUT2D eigenvalue weighted by atomic mass is 10.0. The summed E-state index contributed by atoms with van der Waals surface area (Å²) in [7, 11) is -4.37. The number of hydrogen-bond acceptors (Lipinski definition) is 2. The highest BCUT2D eigenvalue weighted by atomic mass is 31.2. The SMILES string of the molecule is CCCCCCCCCCCCCCCCC(CCCCCCC)OP(=O)(O)O. The molecule has 0 fully saturated rings. The minimum absolute atomic E-state index is 0.283. The van der Waals surface area contributed by atoms with Gasteiger partial charge in [0.15, 0.2) is 0 Å². The molecule has 0 bridgehead atoms. The van der Waals surface area contributed by atoms with Gasteiger partial charge in [0.1, 0.15) is 0 Å². The fourth-order valence-corrected chi connectivity index (χ4v) is 4.59. The molecule has 0 rings (SSSR count). The van der Waals surface area contributed by atoms with Crippen molar-refractivity contribution >= 4 is 7.82 Å². The highest BCUT2D eigenvalue weighted by molar-refractivity contribution is 7.46. The Balaban J connectivity index is 3.57. The van der Waals surface area contributed by atoms with Crippen LogP contribution in [0.15, 0.2) is 0 Å². The van der Waals surface area contributed by atoms with Crippen molar-refractivity contribution in [3.63, 3.8) is 0 Å². The van der Waals surface area contributed by atoms with Crippen molar-refractivity contribution in [3.8, 4) is 0 Å². The molecule has 0 amide bonds. The predicted molar refractivity (Wildman–Crippen MR) is 125 cm³/mol. The maximum Gasteiger partial charge on any atom is 0.469 e. The number of rotatable bonds is 23. The Morgan fingerprint density at radius 2 is 0.828 bits per heavy atom. The molecule has 4 nitrogen and oxygen atoms in total. The summed E-state index contributed by atoms with van der Waals surface area (Å²) in [4.78, 5) is 18.3. The zero-order valence-electron chi connectivity index (χ0n) is 19.6. The van der Waals surface area contributed by atoms with Gasteiger partial charge in [0.05, 0.1) is 6.10 Å². The molecular weight excluding hydrogens is 383 g/mol. The predicted octanol–water partition coefficient (Wildman–Crippen LogP) is 8.70. The second kappa shape index (κ2) is 21.3. The monoisotopic (exact) mass is 434 g/mol. The van der Waals surface area contributed by atoms with Crippen LogP contribution < -0.4 is 0 Å². The van der Waals surface area contributed by atoms with Crippen LogP contribution in [0, 0.1) is 0 Å². The third-order valence-electron chi connectivity index (χ3n) is 5.80. The van der Waals surface area contributed by atoms with Gasteiger partial charge in [-0.1, -0.05) is 136 Å². The quantitative estimate of drug-likeness (QED) is 0.125. The normalized spacial score (nSPS) is 13.1. The van der Waals surface area contributed by atoms with E-state index in [1.807, 2.05) is 0 Å². The first-order valence-corrected chi connectivity index (χ1v) is 14.3. The first-order chi connectivity index (χ1) is 14.0. The van der Waals surface area contributed by atoms with Gasteiger partial charge in [0.25, 0.3) is 0 Å². The second-order valence-electron chi connectivity index (χ2n) is 8.81. The van der Waals surface area contributed by atoms with Crippen LogP contribution in [0.1, 0.15) is 149 Å². The fraction of sp³-hybridized carbons (Fsp3) is 1.00. The third-order valence-corrected chi connectivity index (χ3v) is 6.37. The van der Waals surface area contributed by atoms with Gasteiger partial charge < -0.3 is 9.79 Å². The number of unbranched alkanes of at least 4 members (excludes halogenated alkanes) is 17. The van der Waals surface area contributed by atoms with Gasteiger partial charge in [0.2, 0.25) is 0 Å². The van der Waals surface area contributed by atoms with Crippen LogP contribution in [-0.2, 0) is 9.09 Å². The van der Waals surface area contributed by atoms with Gasteiger partial charge in [-0.25, -0.2) is 4.57 Å². The Morgan fingerprint density at radius 1 is 0.552 bits per heavy atom. The smallest absolute Gasteiger partial charge is 0.303 e. The molecule has 29 heavy (non-hydrogen) atoms. The van der Waals surface area contributed by atoms with E-state index in [1.165, 1.54) is 96.3 Å². The lowest BCUT2D eigenvalue weighted by molar-refractivity contribution is 0.115. The average molecular weight is 435 g/mol. The zero-order chi connectivity index (χ0) is 21.6. The van der Waals surface area contributed by atoms with Gasteiger partial charge in [-0.2, -0.15) is 0 Å². The zero-order valence-corrected chi connectivity index (χ0v) is 20.5. The fourth-order valence-electron chi connectivity index (χ4n) is 3.99. The van der Waals surface area contributed by atoms with E-state index in [4.69, 9.17) is 14.3 Å². The van der Waals surface area contributed by atoms with E-state index in [1.54, 1.807) is 0 Å². The van der Waals surface area contributed by atoms with E-state index in [-0.39, 0.29) is 6.10 Å². The molecule has 1 unspecified atom stereocenters. The van der Waals surface area contributed by atoms with E-state index < -0.39 is 7.82 Å². The molecule has 5 heteroatoms. The number of hydrogen-bond donors (Lipinski definition) is 2. The van der Waals surface area contributed by atoms with Crippen LogP contribution in [0.3, 0.4) is 0 Å². The summed E-state index contributed by atoms with van der Waals surface area (Å²) in [5.41, 5.74) is 0. The summed E-state index contributed by atoms with van der Waals surface area (Å²) in [6.07, 6.45) is 25.6. The van der Waals surface area contributed by atoms with Crippen LogP contribution in [-0.4, -0.2) is 15.9 Å². The largest absolute Gasteiger partial charge is 0.469 e. The molecule has 0 saturated heterocycles. The lowest BCUT2D eigenvalue weighted by Gasteiger charge is -2.18. The minimum atomic E-state index is -4.37. The van der Waals surface area contributed by atoms with Crippen LogP contribution in [0.2, 0.25) is 0 Å². The number of phosphoric acid groups is 1. The summed E-state index contributed by atoms with van der Waals surface area (Å²) in [6, 6.07) is 0. The van der Waals surface area contributed by atoms with Crippen molar-refractivity contribution in [3.05, 3.63) is 0 Å². The highest BCUT2D eigenvalue weighted by Crippen LogP contribution is 2.39. The van der Waals surface area contributed by atoms with Crippen molar-refractivity contribution in [2.45, 2.75) is 155 Å². The maximum atomic E-state index is 11.2. The first kappa shape index (κ1) is 29.1. The summed E-state index contributed by atoms with van der Waals surface area (Å²) in [5.74, 6) is 0. The maximum absolute atomic E-state index is 11.2. The molecule has 0 radical (unpaired) electrons. The molecule has 1 atom stereocenters. The summed E-state index contributed by atoms with van der Waals surface area (Å²) >= 11 is 0. The Labute approximate surface area is 181 Å². The number of phosphoric ester groups is 1. The Bertz CT molecular complexity index is 370. The Kier molecular flexibility index (Phi) is 21.4. The van der Waals surface area contributed by atoms with E-state index in [9.17, 15) is 4.57 Å². The van der Waals surface area contributed by atoms with E-state index in [0.717, 1.165) is 38.5 Å². The molecule has 0 spiro atoms. The van der Waals surface area contributed by atoms with Crippen LogP contribution in [0.25, 0.3) is 0 Å². The van der Waals surface area contributed by atoms with Crippen molar-refractivity contribution < 1.29 is 18.9 Å². The standard InChI is InChI=1S/C24H51O4P/c1-3-5-7-9-10-11-12-13-14-15-16-17-19-21-23-24(28-29(25,26)27)22-20-18-8-6-4-2/h24H,3-23H2,1-2H3,(H2,25,26,27). The molecule has 0 aliphatic carbocycles. The Morgan fingerprint density at radius 3 is 1.10 bits per heavy atom. The molecule has 0 aliphatic heterocycles. The molecule has 0 saturated carbocycles. The van der Waals surface area contributed by atoms with Crippen LogP contribution >= 0.6 is 7.82 Å². The molecule has 0 aromatic carbocycles. The summed E-state index contributed by atoms with van der Waals surface area (Å²) in [5, 5.41) is 0. The van der Waals surface area contributed by atoms with Gasteiger partial charge in [0, 0.05) is 0 Å². The van der Waals surface area contributed by atoms with Crippen LogP contribution in [0.5, 0.6) is 0 Å². The van der Waals surface area contributed by atoms with E-state index in [2.05, 4.69) is 13.8 Å². The third kappa shape index (κ3) is 24.3. The van der Waals surface area contributed by atoms with Gasteiger partial charge in [-0.3, -0.25) is 4.52 Å². The topological polar surface area (TPSA) is 66.8 Å². The molecule has 2 N–H and O–H groups in total. The highest BCUT2D eigenvalue weighted by Gasteiger charge is 2.21. The Hall–Kier alpha value is 0.110. The summed E-state index contributed by atoms with van der Waals surface area (Å²) in [6.45, 7) is 4.46.